The highest BCUT2D eigenvalue weighted by Crippen LogP contribution is 2.19. The Morgan fingerprint density at radius 3 is 2.75 bits per heavy atom. The predicted octanol–water partition coefficient (Wildman–Crippen LogP) is 3.71. The third-order valence-corrected chi connectivity index (χ3v) is 2.17. The molecule has 0 unspecified atom stereocenters. The fraction of sp³-hybridized carbons (Fsp3) is 0.143. The van der Waals surface area contributed by atoms with Gasteiger partial charge in [0.2, 0.25) is 0 Å². The Bertz CT molecular complexity index is 552. The minimum atomic E-state index is -2.27. The molecule has 0 fully saturated rings. The van der Waals surface area contributed by atoms with Gasteiger partial charge in [0.25, 0.3) is 0 Å². The lowest BCUT2D eigenvalue weighted by atomic mass is 10.2. The van der Waals surface area contributed by atoms with Gasteiger partial charge in [0.05, 0.1) is 0 Å². The van der Waals surface area contributed by atoms with Crippen LogP contribution in [0.4, 0.5) is 4.39 Å². The molecule has 0 heterocycles. The molecule has 82 valence electrons. The van der Waals surface area contributed by atoms with E-state index >= 15 is 0 Å². The van der Waals surface area contributed by atoms with Gasteiger partial charge in [-0.1, -0.05) is 36.4 Å². The van der Waals surface area contributed by atoms with Crippen molar-refractivity contribution < 1.29 is 13.2 Å². The van der Waals surface area contributed by atoms with Crippen molar-refractivity contribution in [2.75, 3.05) is 0 Å². The van der Waals surface area contributed by atoms with Crippen LogP contribution in [0.2, 0.25) is 0 Å². The molecule has 0 saturated heterocycles. The van der Waals surface area contributed by atoms with Crippen molar-refractivity contribution in [3.05, 3.63) is 65.5 Å². The van der Waals surface area contributed by atoms with Crippen molar-refractivity contribution in [1.29, 1.82) is 0 Å². The van der Waals surface area contributed by atoms with E-state index in [-0.39, 0.29) is 17.9 Å². The zero-order valence-electron chi connectivity index (χ0n) is 11.6. The average Bonchev–Trinajstić information content (AvgIpc) is 2.37. The number of halogens is 1. The van der Waals surface area contributed by atoms with Gasteiger partial charge >= 0.3 is 0 Å². The Morgan fingerprint density at radius 2 is 2.00 bits per heavy atom. The number of ether oxygens (including phenoxy) is 1. The molecule has 0 radical (unpaired) electrons. The minimum absolute atomic E-state index is 0.0440. The molecule has 0 aromatic heterocycles. The van der Waals surface area contributed by atoms with Crippen LogP contribution in [0.1, 0.15) is 15.2 Å². The second kappa shape index (κ2) is 4.79. The van der Waals surface area contributed by atoms with E-state index in [0.717, 1.165) is 11.6 Å². The molecule has 16 heavy (non-hydrogen) atoms. The zero-order chi connectivity index (χ0) is 13.9. The summed E-state index contributed by atoms with van der Waals surface area (Å²) in [6.07, 6.45) is 0. The molecular weight excluding hydrogens is 203 g/mol. The summed E-state index contributed by atoms with van der Waals surface area (Å²) in [4.78, 5) is 0. The van der Waals surface area contributed by atoms with Gasteiger partial charge in [-0.2, -0.15) is 0 Å². The van der Waals surface area contributed by atoms with Crippen molar-refractivity contribution in [2.45, 2.75) is 13.5 Å². The Balaban J connectivity index is 2.16. The van der Waals surface area contributed by atoms with E-state index in [1.807, 2.05) is 30.3 Å². The van der Waals surface area contributed by atoms with Crippen molar-refractivity contribution in [3.63, 3.8) is 0 Å². The zero-order valence-corrected chi connectivity index (χ0v) is 8.61. The van der Waals surface area contributed by atoms with Crippen LogP contribution in [0.3, 0.4) is 0 Å². The molecule has 0 aliphatic rings. The van der Waals surface area contributed by atoms with Gasteiger partial charge in [-0.15, -0.1) is 0 Å². The maximum Gasteiger partial charge on any atom is 0.165 e. The highest BCUT2D eigenvalue weighted by atomic mass is 19.1. The first kappa shape index (κ1) is 7.44. The molecule has 2 rings (SSSR count). The predicted molar refractivity (Wildman–Crippen MR) is 61.9 cm³/mol. The molecule has 0 N–H and O–H groups in total. The quantitative estimate of drug-likeness (QED) is 0.764. The Kier molecular flexibility index (Phi) is 2.23. The highest BCUT2D eigenvalue weighted by molar-refractivity contribution is 5.29. The van der Waals surface area contributed by atoms with E-state index in [9.17, 15) is 4.39 Å². The highest BCUT2D eigenvalue weighted by Gasteiger charge is 2.03. The van der Waals surface area contributed by atoms with Crippen molar-refractivity contribution in [1.82, 2.24) is 0 Å². The van der Waals surface area contributed by atoms with Gasteiger partial charge in [-0.3, -0.25) is 0 Å². The molecule has 2 aromatic carbocycles. The topological polar surface area (TPSA) is 9.23 Å². The summed E-state index contributed by atoms with van der Waals surface area (Å²) in [5.74, 6) is -0.610. The summed E-state index contributed by atoms with van der Waals surface area (Å²) < 4.78 is 40.8. The summed E-state index contributed by atoms with van der Waals surface area (Å²) in [6.45, 7) is -2.07. The van der Waals surface area contributed by atoms with Crippen LogP contribution in [-0.2, 0) is 6.61 Å². The first-order valence-electron chi connectivity index (χ1n) is 6.43. The smallest absolute Gasteiger partial charge is 0.165 e. The van der Waals surface area contributed by atoms with Crippen LogP contribution in [0.25, 0.3) is 0 Å². The first-order valence-corrected chi connectivity index (χ1v) is 4.93. The van der Waals surface area contributed by atoms with E-state index in [4.69, 9.17) is 8.85 Å². The largest absolute Gasteiger partial charge is 0.486 e. The molecule has 0 atom stereocenters. The van der Waals surface area contributed by atoms with Crippen LogP contribution in [-0.4, -0.2) is 0 Å². The number of rotatable bonds is 3. The van der Waals surface area contributed by atoms with Crippen molar-refractivity contribution >= 4 is 0 Å². The van der Waals surface area contributed by atoms with Crippen LogP contribution < -0.4 is 4.74 Å². The summed E-state index contributed by atoms with van der Waals surface area (Å²) in [7, 11) is 0. The molecule has 0 aliphatic carbocycles. The lowest BCUT2D eigenvalue weighted by Crippen LogP contribution is -1.97. The summed E-state index contributed by atoms with van der Waals surface area (Å²) in [5, 5.41) is 0. The van der Waals surface area contributed by atoms with E-state index in [1.54, 1.807) is 0 Å². The summed E-state index contributed by atoms with van der Waals surface area (Å²) >= 11 is 0. The Labute approximate surface area is 98.7 Å². The molecule has 0 saturated carbocycles. The van der Waals surface area contributed by atoms with Crippen LogP contribution >= 0.6 is 0 Å². The molecule has 2 heteroatoms. The van der Waals surface area contributed by atoms with Gasteiger partial charge in [0.15, 0.2) is 11.6 Å². The Morgan fingerprint density at radius 1 is 1.19 bits per heavy atom. The molecule has 0 spiro atoms. The second-order valence-electron chi connectivity index (χ2n) is 3.42. The Hall–Kier alpha value is -1.83. The normalized spacial score (nSPS) is 13.7. The van der Waals surface area contributed by atoms with Crippen LogP contribution in [0, 0.1) is 12.7 Å². The van der Waals surface area contributed by atoms with Crippen LogP contribution in [0.5, 0.6) is 5.75 Å². The van der Waals surface area contributed by atoms with Crippen LogP contribution in [0.15, 0.2) is 48.5 Å². The van der Waals surface area contributed by atoms with E-state index in [0.29, 0.717) is 0 Å². The van der Waals surface area contributed by atoms with E-state index in [1.165, 1.54) is 12.1 Å². The number of hydrogen-bond donors (Lipinski definition) is 0. The lowest BCUT2D eigenvalue weighted by Gasteiger charge is -2.07. The average molecular weight is 219 g/mol. The molecule has 0 aliphatic heterocycles. The molecule has 0 amide bonds. The lowest BCUT2D eigenvalue weighted by molar-refractivity contribution is 0.290. The van der Waals surface area contributed by atoms with Gasteiger partial charge in [0, 0.05) is 4.11 Å². The van der Waals surface area contributed by atoms with Gasteiger partial charge in [-0.25, -0.2) is 4.39 Å². The van der Waals surface area contributed by atoms with E-state index in [2.05, 4.69) is 0 Å². The van der Waals surface area contributed by atoms with Gasteiger partial charge in [0.1, 0.15) is 6.61 Å². The third-order valence-electron chi connectivity index (χ3n) is 2.17. The molecule has 2 aromatic rings. The van der Waals surface area contributed by atoms with Gasteiger partial charge < -0.3 is 4.74 Å². The number of hydrogen-bond acceptors (Lipinski definition) is 1. The maximum absolute atomic E-state index is 13.6. The molecular formula is C14H13FO. The fourth-order valence-corrected chi connectivity index (χ4v) is 1.35. The molecule has 0 bridgehead atoms. The molecule has 1 nitrogen and oxygen atoms in total. The van der Waals surface area contributed by atoms with Gasteiger partial charge in [-0.05, 0) is 30.1 Å². The van der Waals surface area contributed by atoms with Crippen molar-refractivity contribution in [2.24, 2.45) is 0 Å². The minimum Gasteiger partial charge on any atom is -0.486 e. The third kappa shape index (κ3) is 2.60. The summed E-state index contributed by atoms with van der Waals surface area (Å²) in [5.41, 5.74) is 0.957. The second-order valence-corrected chi connectivity index (χ2v) is 3.42. The summed E-state index contributed by atoms with van der Waals surface area (Å²) in [6, 6.07) is 12.9. The maximum atomic E-state index is 13.6. The fourth-order valence-electron chi connectivity index (χ4n) is 1.35. The monoisotopic (exact) mass is 219 g/mol. The SMILES string of the molecule is [2H]C([2H])([2H])c1ccc(F)c(OCc2ccccc2)c1. The number of benzene rings is 2. The standard InChI is InChI=1S/C14H13FO/c1-11-7-8-13(15)14(9-11)16-10-12-5-3-2-4-6-12/h2-9H,10H2,1H3/i1D3. The first-order chi connectivity index (χ1) is 8.97. The van der Waals surface area contributed by atoms with E-state index < -0.39 is 12.7 Å². The van der Waals surface area contributed by atoms with Crippen molar-refractivity contribution in [3.8, 4) is 5.75 Å². The number of aryl methyl sites for hydroxylation is 1.